The van der Waals surface area contributed by atoms with Crippen molar-refractivity contribution in [3.05, 3.63) is 46.0 Å². The third kappa shape index (κ3) is 4.13. The van der Waals surface area contributed by atoms with E-state index in [4.69, 9.17) is 4.74 Å². The molecule has 2 rings (SSSR count). The average Bonchev–Trinajstić information content (AvgIpc) is 2.43. The zero-order valence-electron chi connectivity index (χ0n) is 12.3. The van der Waals surface area contributed by atoms with Crippen molar-refractivity contribution in [2.45, 2.75) is 26.8 Å². The van der Waals surface area contributed by atoms with E-state index in [1.165, 1.54) is 10.5 Å². The van der Waals surface area contributed by atoms with Crippen LogP contribution in [0.4, 0.5) is 0 Å². The summed E-state index contributed by atoms with van der Waals surface area (Å²) in [7, 11) is 0. The van der Waals surface area contributed by atoms with E-state index in [-0.39, 0.29) is 11.5 Å². The maximum Gasteiger partial charge on any atom is 0.307 e. The number of pyridine rings is 1. The molecule has 2 aromatic heterocycles. The minimum atomic E-state index is -0.229. The van der Waals surface area contributed by atoms with Gasteiger partial charge in [0.25, 0.3) is 5.56 Å². The largest absolute Gasteiger partial charge is 0.466 e. The van der Waals surface area contributed by atoms with Gasteiger partial charge in [-0.2, -0.15) is 0 Å². The zero-order chi connectivity index (χ0) is 15.2. The van der Waals surface area contributed by atoms with Gasteiger partial charge in [-0.1, -0.05) is 0 Å². The number of hydrogen-bond donors (Lipinski definition) is 1. The molecule has 0 atom stereocenters. The third-order valence-corrected chi connectivity index (χ3v) is 2.99. The van der Waals surface area contributed by atoms with Crippen molar-refractivity contribution in [1.82, 2.24) is 14.7 Å². The molecular weight excluding hydrogens is 270 g/mol. The van der Waals surface area contributed by atoms with Crippen molar-refractivity contribution in [1.29, 1.82) is 0 Å². The molecule has 0 aliphatic rings. The maximum absolute atomic E-state index is 12.0. The topological polar surface area (TPSA) is 72.7 Å². The quantitative estimate of drug-likeness (QED) is 0.635. The summed E-state index contributed by atoms with van der Waals surface area (Å²) in [5, 5.41) is 3.09. The molecular formula is C15H19N3O3. The van der Waals surface area contributed by atoms with E-state index >= 15 is 0 Å². The number of aryl methyl sites for hydroxylation is 1. The zero-order valence-corrected chi connectivity index (χ0v) is 12.3. The Morgan fingerprint density at radius 3 is 3.00 bits per heavy atom. The Morgan fingerprint density at radius 2 is 2.24 bits per heavy atom. The van der Waals surface area contributed by atoms with Gasteiger partial charge in [-0.3, -0.25) is 14.0 Å². The highest BCUT2D eigenvalue weighted by Gasteiger charge is 2.04. The molecule has 112 valence electrons. The first-order chi connectivity index (χ1) is 10.1. The lowest BCUT2D eigenvalue weighted by Gasteiger charge is -2.06. The predicted molar refractivity (Wildman–Crippen MR) is 79.2 cm³/mol. The van der Waals surface area contributed by atoms with Gasteiger partial charge in [0, 0.05) is 25.4 Å². The first-order valence-electron chi connectivity index (χ1n) is 6.95. The molecule has 0 spiro atoms. The molecule has 0 unspecified atom stereocenters. The van der Waals surface area contributed by atoms with Gasteiger partial charge >= 0.3 is 5.97 Å². The Balaban J connectivity index is 1.99. The molecule has 1 N–H and O–H groups in total. The molecule has 0 radical (unpaired) electrons. The van der Waals surface area contributed by atoms with E-state index in [1.807, 2.05) is 19.1 Å². The first kappa shape index (κ1) is 15.2. The number of nitrogens with zero attached hydrogens (tertiary/aromatic N) is 2. The standard InChI is InChI=1S/C15H19N3O3/c1-3-21-15(20)4-6-16-10-12-9-14(19)18-7-5-11(2)8-13(18)17-12/h5,7-9,16H,3-4,6,10H2,1-2H3. The normalized spacial score (nSPS) is 10.8. The fourth-order valence-corrected chi connectivity index (χ4v) is 1.98. The summed E-state index contributed by atoms with van der Waals surface area (Å²) in [4.78, 5) is 27.6. The van der Waals surface area contributed by atoms with E-state index in [0.29, 0.717) is 37.5 Å². The Kier molecular flexibility index (Phi) is 5.05. The minimum absolute atomic E-state index is 0.109. The molecule has 0 saturated heterocycles. The van der Waals surface area contributed by atoms with Crippen LogP contribution >= 0.6 is 0 Å². The van der Waals surface area contributed by atoms with Crippen molar-refractivity contribution in [2.75, 3.05) is 13.2 Å². The number of ether oxygens (including phenoxy) is 1. The van der Waals surface area contributed by atoms with Gasteiger partial charge < -0.3 is 10.1 Å². The van der Waals surface area contributed by atoms with Crippen LogP contribution in [0.1, 0.15) is 24.6 Å². The molecule has 0 aromatic carbocycles. The highest BCUT2D eigenvalue weighted by Crippen LogP contribution is 2.03. The highest BCUT2D eigenvalue weighted by molar-refractivity contribution is 5.69. The lowest BCUT2D eigenvalue weighted by molar-refractivity contribution is -0.142. The van der Waals surface area contributed by atoms with Crippen molar-refractivity contribution < 1.29 is 9.53 Å². The Morgan fingerprint density at radius 1 is 1.43 bits per heavy atom. The Labute approximate surface area is 122 Å². The van der Waals surface area contributed by atoms with Crippen LogP contribution in [0.15, 0.2) is 29.2 Å². The lowest BCUT2D eigenvalue weighted by Crippen LogP contribution is -2.22. The van der Waals surface area contributed by atoms with Gasteiger partial charge in [0.2, 0.25) is 0 Å². The number of esters is 1. The second kappa shape index (κ2) is 6.99. The molecule has 2 heterocycles. The molecule has 0 bridgehead atoms. The van der Waals surface area contributed by atoms with Gasteiger partial charge in [0.1, 0.15) is 5.65 Å². The number of aromatic nitrogens is 2. The minimum Gasteiger partial charge on any atom is -0.466 e. The second-order valence-electron chi connectivity index (χ2n) is 4.75. The van der Waals surface area contributed by atoms with E-state index in [1.54, 1.807) is 13.1 Å². The average molecular weight is 289 g/mol. The van der Waals surface area contributed by atoms with Gasteiger partial charge in [-0.05, 0) is 31.5 Å². The SMILES string of the molecule is CCOC(=O)CCNCc1cc(=O)n2ccc(C)cc2n1. The molecule has 6 heteroatoms. The summed E-state index contributed by atoms with van der Waals surface area (Å²) in [5.74, 6) is -0.229. The number of fused-ring (bicyclic) bond motifs is 1. The van der Waals surface area contributed by atoms with E-state index < -0.39 is 0 Å². The molecule has 0 aliphatic heterocycles. The highest BCUT2D eigenvalue weighted by atomic mass is 16.5. The summed E-state index contributed by atoms with van der Waals surface area (Å²) >= 11 is 0. The number of hydrogen-bond acceptors (Lipinski definition) is 5. The van der Waals surface area contributed by atoms with Crippen molar-refractivity contribution in [3.63, 3.8) is 0 Å². The number of rotatable bonds is 6. The van der Waals surface area contributed by atoms with Crippen LogP contribution in [-0.4, -0.2) is 28.5 Å². The van der Waals surface area contributed by atoms with Crippen LogP contribution < -0.4 is 10.9 Å². The van der Waals surface area contributed by atoms with E-state index in [9.17, 15) is 9.59 Å². The van der Waals surface area contributed by atoms with Crippen LogP contribution in [0, 0.1) is 6.92 Å². The summed E-state index contributed by atoms with van der Waals surface area (Å²) < 4.78 is 6.35. The van der Waals surface area contributed by atoms with E-state index in [2.05, 4.69) is 10.3 Å². The number of carbonyl (C=O) groups excluding carboxylic acids is 1. The summed E-state index contributed by atoms with van der Waals surface area (Å²) in [6.45, 7) is 5.06. The smallest absolute Gasteiger partial charge is 0.307 e. The summed E-state index contributed by atoms with van der Waals surface area (Å²) in [6, 6.07) is 5.23. The number of nitrogens with one attached hydrogen (secondary N) is 1. The van der Waals surface area contributed by atoms with Crippen molar-refractivity contribution in [2.24, 2.45) is 0 Å². The van der Waals surface area contributed by atoms with Crippen LogP contribution in [0.25, 0.3) is 5.65 Å². The predicted octanol–water partition coefficient (Wildman–Crippen LogP) is 1.05. The molecule has 0 saturated carbocycles. The Hall–Kier alpha value is -2.21. The molecule has 0 amide bonds. The molecule has 0 aliphatic carbocycles. The van der Waals surface area contributed by atoms with Gasteiger partial charge in [0.15, 0.2) is 0 Å². The maximum atomic E-state index is 12.0. The molecule has 2 aromatic rings. The molecule has 0 fully saturated rings. The van der Waals surface area contributed by atoms with Crippen LogP contribution in [-0.2, 0) is 16.1 Å². The van der Waals surface area contributed by atoms with E-state index in [0.717, 1.165) is 5.56 Å². The van der Waals surface area contributed by atoms with Gasteiger partial charge in [0.05, 0.1) is 18.7 Å². The van der Waals surface area contributed by atoms with Crippen LogP contribution in [0.5, 0.6) is 0 Å². The second-order valence-corrected chi connectivity index (χ2v) is 4.75. The molecule has 6 nitrogen and oxygen atoms in total. The third-order valence-electron chi connectivity index (χ3n) is 2.99. The monoisotopic (exact) mass is 289 g/mol. The summed E-state index contributed by atoms with van der Waals surface area (Å²) in [6.07, 6.45) is 2.03. The Bertz CT molecular complexity index is 694. The number of carbonyl (C=O) groups is 1. The van der Waals surface area contributed by atoms with Crippen LogP contribution in [0.3, 0.4) is 0 Å². The lowest BCUT2D eigenvalue weighted by atomic mass is 10.3. The van der Waals surface area contributed by atoms with Gasteiger partial charge in [-0.15, -0.1) is 0 Å². The summed E-state index contributed by atoms with van der Waals surface area (Å²) in [5.41, 5.74) is 2.23. The fraction of sp³-hybridized carbons (Fsp3) is 0.400. The van der Waals surface area contributed by atoms with Crippen LogP contribution in [0.2, 0.25) is 0 Å². The van der Waals surface area contributed by atoms with Crippen molar-refractivity contribution >= 4 is 11.6 Å². The van der Waals surface area contributed by atoms with Gasteiger partial charge in [-0.25, -0.2) is 4.98 Å². The van der Waals surface area contributed by atoms with Crippen molar-refractivity contribution in [3.8, 4) is 0 Å². The fourth-order valence-electron chi connectivity index (χ4n) is 1.98. The molecule has 21 heavy (non-hydrogen) atoms. The first-order valence-corrected chi connectivity index (χ1v) is 6.95.